The summed E-state index contributed by atoms with van der Waals surface area (Å²) < 4.78 is 19.8. The molecule has 0 amide bonds. The van der Waals surface area contributed by atoms with Crippen LogP contribution in [0.1, 0.15) is 44.2 Å². The van der Waals surface area contributed by atoms with Crippen molar-refractivity contribution >= 4 is 11.6 Å². The lowest BCUT2D eigenvalue weighted by Crippen LogP contribution is -2.43. The molecule has 1 heterocycles. The van der Waals surface area contributed by atoms with Gasteiger partial charge in [-0.15, -0.1) is 0 Å². The average molecular weight is 390 g/mol. The molecule has 1 saturated heterocycles. The van der Waals surface area contributed by atoms with E-state index in [9.17, 15) is 4.39 Å². The van der Waals surface area contributed by atoms with E-state index in [0.29, 0.717) is 12.1 Å². The molecule has 0 aliphatic carbocycles. The van der Waals surface area contributed by atoms with Crippen LogP contribution >= 0.6 is 11.6 Å². The number of benzene rings is 2. The van der Waals surface area contributed by atoms with Crippen LogP contribution in [0, 0.1) is 11.2 Å². The maximum absolute atomic E-state index is 13.8. The third-order valence-electron chi connectivity index (χ3n) is 5.55. The normalized spacial score (nSPS) is 21.9. The SMILES string of the molecule is CC1(C)C[C@](CCNCc2ccccc2F)(Cc2ccccc2Cl)CCO1. The van der Waals surface area contributed by atoms with E-state index in [1.807, 2.05) is 24.3 Å². The zero-order valence-electron chi connectivity index (χ0n) is 16.2. The minimum Gasteiger partial charge on any atom is -0.376 e. The van der Waals surface area contributed by atoms with Gasteiger partial charge in [0.2, 0.25) is 0 Å². The van der Waals surface area contributed by atoms with E-state index in [1.165, 1.54) is 11.6 Å². The summed E-state index contributed by atoms with van der Waals surface area (Å²) in [6.07, 6.45) is 3.97. The Balaban J connectivity index is 1.67. The maximum atomic E-state index is 13.8. The van der Waals surface area contributed by atoms with E-state index < -0.39 is 0 Å². The molecule has 146 valence electrons. The second-order valence-corrected chi connectivity index (χ2v) is 8.73. The molecule has 0 spiro atoms. The van der Waals surface area contributed by atoms with Gasteiger partial charge >= 0.3 is 0 Å². The summed E-state index contributed by atoms with van der Waals surface area (Å²) in [6, 6.07) is 15.1. The van der Waals surface area contributed by atoms with E-state index in [2.05, 4.69) is 31.3 Å². The summed E-state index contributed by atoms with van der Waals surface area (Å²) in [5, 5.41) is 4.26. The van der Waals surface area contributed by atoms with Crippen LogP contribution in [0.15, 0.2) is 48.5 Å². The molecule has 2 aromatic rings. The van der Waals surface area contributed by atoms with Gasteiger partial charge in [-0.1, -0.05) is 48.0 Å². The van der Waals surface area contributed by atoms with Crippen LogP contribution in [0.2, 0.25) is 5.02 Å². The molecule has 0 bridgehead atoms. The topological polar surface area (TPSA) is 21.3 Å². The van der Waals surface area contributed by atoms with Crippen LogP contribution in [0.5, 0.6) is 0 Å². The molecule has 1 aliphatic heterocycles. The summed E-state index contributed by atoms with van der Waals surface area (Å²) in [4.78, 5) is 0. The number of halogens is 2. The first kappa shape index (κ1) is 20.3. The molecule has 3 rings (SSSR count). The highest BCUT2D eigenvalue weighted by molar-refractivity contribution is 6.31. The van der Waals surface area contributed by atoms with Gasteiger partial charge in [0.15, 0.2) is 0 Å². The molecule has 1 fully saturated rings. The van der Waals surface area contributed by atoms with Gasteiger partial charge in [0.05, 0.1) is 5.60 Å². The molecule has 1 N–H and O–H groups in total. The summed E-state index contributed by atoms with van der Waals surface area (Å²) in [6.45, 7) is 6.49. The molecule has 0 unspecified atom stereocenters. The summed E-state index contributed by atoms with van der Waals surface area (Å²) in [5.41, 5.74) is 1.91. The van der Waals surface area contributed by atoms with Gasteiger partial charge in [0.1, 0.15) is 5.82 Å². The Morgan fingerprint density at radius 1 is 1.07 bits per heavy atom. The van der Waals surface area contributed by atoms with E-state index in [0.717, 1.165) is 43.9 Å². The first-order chi connectivity index (χ1) is 12.9. The quantitative estimate of drug-likeness (QED) is 0.606. The predicted molar refractivity (Wildman–Crippen MR) is 110 cm³/mol. The Labute approximate surface area is 167 Å². The molecule has 2 aromatic carbocycles. The van der Waals surface area contributed by atoms with Gasteiger partial charge in [-0.2, -0.15) is 0 Å². The number of nitrogens with one attached hydrogen (secondary N) is 1. The van der Waals surface area contributed by atoms with E-state index in [-0.39, 0.29) is 16.8 Å². The fourth-order valence-corrected chi connectivity index (χ4v) is 4.51. The first-order valence-electron chi connectivity index (χ1n) is 9.71. The third-order valence-corrected chi connectivity index (χ3v) is 5.92. The number of hydrogen-bond acceptors (Lipinski definition) is 2. The van der Waals surface area contributed by atoms with Gasteiger partial charge in [0.25, 0.3) is 0 Å². The van der Waals surface area contributed by atoms with E-state index in [4.69, 9.17) is 16.3 Å². The highest BCUT2D eigenvalue weighted by atomic mass is 35.5. The van der Waals surface area contributed by atoms with E-state index >= 15 is 0 Å². The van der Waals surface area contributed by atoms with Crippen molar-refractivity contribution in [1.82, 2.24) is 5.32 Å². The van der Waals surface area contributed by atoms with Crippen molar-refractivity contribution < 1.29 is 9.13 Å². The van der Waals surface area contributed by atoms with Gasteiger partial charge in [-0.25, -0.2) is 4.39 Å². The highest BCUT2D eigenvalue weighted by Gasteiger charge is 2.40. The second-order valence-electron chi connectivity index (χ2n) is 8.32. The monoisotopic (exact) mass is 389 g/mol. The molecule has 27 heavy (non-hydrogen) atoms. The molecule has 0 saturated carbocycles. The smallest absolute Gasteiger partial charge is 0.127 e. The van der Waals surface area contributed by atoms with Crippen LogP contribution in [-0.4, -0.2) is 18.8 Å². The Kier molecular flexibility index (Phi) is 6.56. The summed E-state index contributed by atoms with van der Waals surface area (Å²) in [7, 11) is 0. The molecule has 2 nitrogen and oxygen atoms in total. The van der Waals surface area contributed by atoms with Crippen molar-refractivity contribution in [1.29, 1.82) is 0 Å². The Bertz CT molecular complexity index is 764. The molecule has 4 heteroatoms. The van der Waals surface area contributed by atoms with Gasteiger partial charge in [0, 0.05) is 23.7 Å². The first-order valence-corrected chi connectivity index (χ1v) is 10.1. The lowest BCUT2D eigenvalue weighted by Gasteiger charge is -2.45. The lowest BCUT2D eigenvalue weighted by molar-refractivity contribution is -0.107. The van der Waals surface area contributed by atoms with Gasteiger partial charge in [-0.05, 0) is 69.2 Å². The van der Waals surface area contributed by atoms with Crippen LogP contribution in [0.3, 0.4) is 0 Å². The predicted octanol–water partition coefficient (Wildman–Crippen LogP) is 5.78. The molecule has 0 radical (unpaired) electrons. The lowest BCUT2D eigenvalue weighted by atomic mass is 9.68. The molecular formula is C23H29ClFNO. The summed E-state index contributed by atoms with van der Waals surface area (Å²) in [5.74, 6) is -0.150. The largest absolute Gasteiger partial charge is 0.376 e. The standard InChI is InChI=1S/C23H29ClFNO/c1-22(2)17-23(12-14-27-22,15-18-7-3-5-9-20(18)24)11-13-26-16-19-8-4-6-10-21(19)25/h3-10,26H,11-17H2,1-2H3/t23-/m0/s1. The Morgan fingerprint density at radius 2 is 1.78 bits per heavy atom. The minimum atomic E-state index is -0.150. The maximum Gasteiger partial charge on any atom is 0.127 e. The van der Waals surface area contributed by atoms with Gasteiger partial charge < -0.3 is 10.1 Å². The zero-order chi connectivity index (χ0) is 19.3. The number of hydrogen-bond donors (Lipinski definition) is 1. The van der Waals surface area contributed by atoms with Crippen LogP contribution in [0.4, 0.5) is 4.39 Å². The van der Waals surface area contributed by atoms with Crippen molar-refractivity contribution in [3.63, 3.8) is 0 Å². The highest BCUT2D eigenvalue weighted by Crippen LogP contribution is 2.44. The molecule has 0 aromatic heterocycles. The van der Waals surface area contributed by atoms with Gasteiger partial charge in [-0.3, -0.25) is 0 Å². The van der Waals surface area contributed by atoms with Crippen LogP contribution < -0.4 is 5.32 Å². The number of rotatable bonds is 7. The third kappa shape index (κ3) is 5.54. The van der Waals surface area contributed by atoms with Crippen molar-refractivity contribution in [3.05, 3.63) is 70.5 Å². The second kappa shape index (κ2) is 8.72. The Hall–Kier alpha value is -1.42. The number of ether oxygens (including phenoxy) is 1. The minimum absolute atomic E-state index is 0.134. The molecular weight excluding hydrogens is 361 g/mol. The fourth-order valence-electron chi connectivity index (χ4n) is 4.30. The summed E-state index contributed by atoms with van der Waals surface area (Å²) >= 11 is 6.45. The molecule has 1 atom stereocenters. The molecule has 1 aliphatic rings. The Morgan fingerprint density at radius 3 is 2.48 bits per heavy atom. The average Bonchev–Trinajstić information content (AvgIpc) is 2.61. The fraction of sp³-hybridized carbons (Fsp3) is 0.478. The zero-order valence-corrected chi connectivity index (χ0v) is 17.0. The van der Waals surface area contributed by atoms with E-state index in [1.54, 1.807) is 6.07 Å². The van der Waals surface area contributed by atoms with Crippen molar-refractivity contribution in [2.45, 2.75) is 51.7 Å². The van der Waals surface area contributed by atoms with Crippen LogP contribution in [-0.2, 0) is 17.7 Å². The van der Waals surface area contributed by atoms with Crippen LogP contribution in [0.25, 0.3) is 0 Å². The van der Waals surface area contributed by atoms with Crippen molar-refractivity contribution in [3.8, 4) is 0 Å². The van der Waals surface area contributed by atoms with Crippen molar-refractivity contribution in [2.24, 2.45) is 5.41 Å². The van der Waals surface area contributed by atoms with Crippen molar-refractivity contribution in [2.75, 3.05) is 13.2 Å².